The Labute approximate surface area is 120 Å². The van der Waals surface area contributed by atoms with Gasteiger partial charge in [0.05, 0.1) is 5.60 Å². The van der Waals surface area contributed by atoms with Crippen molar-refractivity contribution in [3.05, 3.63) is 0 Å². The zero-order chi connectivity index (χ0) is 13.6. The molecule has 2 fully saturated rings. The minimum absolute atomic E-state index is 0.260. The van der Waals surface area contributed by atoms with E-state index in [1.54, 1.807) is 0 Å². The highest BCUT2D eigenvalue weighted by Gasteiger charge is 2.37. The van der Waals surface area contributed by atoms with Gasteiger partial charge in [-0.1, -0.05) is 52.4 Å². The predicted octanol–water partition coefficient (Wildman–Crippen LogP) is 5.72. The van der Waals surface area contributed by atoms with E-state index in [-0.39, 0.29) is 5.60 Å². The van der Waals surface area contributed by atoms with E-state index in [0.717, 1.165) is 24.9 Å². The number of hydrogen-bond acceptors (Lipinski definition) is 1. The van der Waals surface area contributed by atoms with E-state index in [1.807, 2.05) is 0 Å². The van der Waals surface area contributed by atoms with Crippen molar-refractivity contribution in [3.8, 4) is 0 Å². The number of hydrogen-bond donors (Lipinski definition) is 0. The highest BCUT2D eigenvalue weighted by atomic mass is 16.5. The molecule has 0 bridgehead atoms. The van der Waals surface area contributed by atoms with E-state index in [0.29, 0.717) is 0 Å². The van der Waals surface area contributed by atoms with Crippen LogP contribution >= 0.6 is 0 Å². The molecule has 0 unspecified atom stereocenters. The second-order valence-corrected chi connectivity index (χ2v) is 7.02. The van der Waals surface area contributed by atoms with E-state index in [2.05, 4.69) is 13.8 Å². The molecule has 0 aromatic rings. The van der Waals surface area contributed by atoms with Gasteiger partial charge in [-0.3, -0.25) is 0 Å². The molecule has 0 radical (unpaired) electrons. The van der Waals surface area contributed by atoms with E-state index in [1.165, 1.54) is 70.6 Å². The van der Waals surface area contributed by atoms with Crippen molar-refractivity contribution in [2.45, 2.75) is 96.5 Å². The minimum Gasteiger partial charge on any atom is -0.375 e. The number of rotatable bonds is 6. The van der Waals surface area contributed by atoms with E-state index < -0.39 is 0 Å². The van der Waals surface area contributed by atoms with Crippen molar-refractivity contribution in [2.24, 2.45) is 11.8 Å². The van der Waals surface area contributed by atoms with E-state index in [4.69, 9.17) is 4.74 Å². The molecule has 112 valence electrons. The molecular weight excluding hydrogens is 232 g/mol. The van der Waals surface area contributed by atoms with Crippen LogP contribution in [0.3, 0.4) is 0 Å². The monoisotopic (exact) mass is 266 g/mol. The van der Waals surface area contributed by atoms with Gasteiger partial charge >= 0.3 is 0 Å². The van der Waals surface area contributed by atoms with Crippen LogP contribution in [-0.2, 0) is 4.74 Å². The van der Waals surface area contributed by atoms with Gasteiger partial charge in [-0.2, -0.15) is 0 Å². The average Bonchev–Trinajstić information content (AvgIpc) is 2.47. The fourth-order valence-electron chi connectivity index (χ4n) is 4.48. The topological polar surface area (TPSA) is 9.23 Å². The summed E-state index contributed by atoms with van der Waals surface area (Å²) in [7, 11) is 0. The van der Waals surface area contributed by atoms with Crippen molar-refractivity contribution in [2.75, 3.05) is 6.61 Å². The Bertz CT molecular complexity index is 234. The van der Waals surface area contributed by atoms with Crippen LogP contribution in [0.25, 0.3) is 0 Å². The first kappa shape index (κ1) is 15.4. The SMILES string of the molecule is CCCO[C@]1(CCC)CC[C@@H](C2CCCCC2)CC1. The summed E-state index contributed by atoms with van der Waals surface area (Å²) >= 11 is 0. The van der Waals surface area contributed by atoms with E-state index >= 15 is 0 Å². The van der Waals surface area contributed by atoms with Crippen molar-refractivity contribution in [3.63, 3.8) is 0 Å². The first-order valence-electron chi connectivity index (χ1n) is 8.93. The minimum atomic E-state index is 0.260. The maximum Gasteiger partial charge on any atom is 0.0682 e. The third-order valence-corrected chi connectivity index (χ3v) is 5.58. The molecule has 2 aliphatic carbocycles. The summed E-state index contributed by atoms with van der Waals surface area (Å²) in [6.07, 6.45) is 16.8. The van der Waals surface area contributed by atoms with Crippen LogP contribution in [0, 0.1) is 11.8 Å². The van der Waals surface area contributed by atoms with Gasteiger partial charge in [-0.25, -0.2) is 0 Å². The van der Waals surface area contributed by atoms with Gasteiger partial charge in [0.25, 0.3) is 0 Å². The Kier molecular flexibility index (Phi) is 6.19. The summed E-state index contributed by atoms with van der Waals surface area (Å²) in [4.78, 5) is 0. The lowest BCUT2D eigenvalue weighted by molar-refractivity contribution is -0.0887. The van der Waals surface area contributed by atoms with Crippen molar-refractivity contribution >= 4 is 0 Å². The first-order chi connectivity index (χ1) is 9.29. The Morgan fingerprint density at radius 3 is 2.05 bits per heavy atom. The molecular formula is C18H34O. The first-order valence-corrected chi connectivity index (χ1v) is 8.93. The van der Waals surface area contributed by atoms with Gasteiger partial charge in [0.1, 0.15) is 0 Å². The Morgan fingerprint density at radius 1 is 0.842 bits per heavy atom. The molecule has 0 saturated heterocycles. The van der Waals surface area contributed by atoms with Crippen LogP contribution in [-0.4, -0.2) is 12.2 Å². The fourth-order valence-corrected chi connectivity index (χ4v) is 4.48. The van der Waals surface area contributed by atoms with Gasteiger partial charge < -0.3 is 4.74 Å². The number of ether oxygens (including phenoxy) is 1. The second kappa shape index (κ2) is 7.67. The van der Waals surface area contributed by atoms with Crippen LogP contribution in [0.4, 0.5) is 0 Å². The summed E-state index contributed by atoms with van der Waals surface area (Å²) in [6, 6.07) is 0. The van der Waals surface area contributed by atoms with Crippen LogP contribution < -0.4 is 0 Å². The van der Waals surface area contributed by atoms with Crippen LogP contribution in [0.2, 0.25) is 0 Å². The summed E-state index contributed by atoms with van der Waals surface area (Å²) in [6.45, 7) is 5.51. The summed E-state index contributed by atoms with van der Waals surface area (Å²) < 4.78 is 6.30. The summed E-state index contributed by atoms with van der Waals surface area (Å²) in [5.74, 6) is 2.08. The van der Waals surface area contributed by atoms with E-state index in [9.17, 15) is 0 Å². The maximum absolute atomic E-state index is 6.30. The molecule has 0 N–H and O–H groups in total. The summed E-state index contributed by atoms with van der Waals surface area (Å²) in [5.41, 5.74) is 0.260. The molecule has 1 heteroatoms. The molecule has 0 spiro atoms. The fraction of sp³-hybridized carbons (Fsp3) is 1.00. The highest BCUT2D eigenvalue weighted by Crippen LogP contribution is 2.44. The highest BCUT2D eigenvalue weighted by molar-refractivity contribution is 4.89. The zero-order valence-electron chi connectivity index (χ0n) is 13.3. The molecule has 2 rings (SSSR count). The van der Waals surface area contributed by atoms with Crippen molar-refractivity contribution in [1.29, 1.82) is 0 Å². The predicted molar refractivity (Wildman–Crippen MR) is 82.4 cm³/mol. The van der Waals surface area contributed by atoms with Crippen LogP contribution in [0.5, 0.6) is 0 Å². The molecule has 2 aliphatic rings. The molecule has 0 heterocycles. The maximum atomic E-state index is 6.30. The van der Waals surface area contributed by atoms with Gasteiger partial charge in [0.2, 0.25) is 0 Å². The molecule has 0 amide bonds. The zero-order valence-corrected chi connectivity index (χ0v) is 13.3. The normalized spacial score (nSPS) is 33.5. The second-order valence-electron chi connectivity index (χ2n) is 7.02. The molecule has 0 aromatic heterocycles. The molecule has 1 nitrogen and oxygen atoms in total. The average molecular weight is 266 g/mol. The lowest BCUT2D eigenvalue weighted by Gasteiger charge is -2.43. The smallest absolute Gasteiger partial charge is 0.0682 e. The van der Waals surface area contributed by atoms with Crippen LogP contribution in [0.15, 0.2) is 0 Å². The summed E-state index contributed by atoms with van der Waals surface area (Å²) in [5, 5.41) is 0. The Balaban J connectivity index is 1.83. The molecule has 19 heavy (non-hydrogen) atoms. The third-order valence-electron chi connectivity index (χ3n) is 5.58. The standard InChI is InChI=1S/C18H34O/c1-3-12-18(19-15-4-2)13-10-17(11-14-18)16-8-6-5-7-9-16/h16-17H,3-15H2,1-2H3/t17-,18-. The van der Waals surface area contributed by atoms with Crippen LogP contribution in [0.1, 0.15) is 90.9 Å². The molecule has 2 saturated carbocycles. The molecule has 0 aliphatic heterocycles. The lowest BCUT2D eigenvalue weighted by Crippen LogP contribution is -2.39. The quantitative estimate of drug-likeness (QED) is 0.597. The third kappa shape index (κ3) is 4.21. The van der Waals surface area contributed by atoms with Gasteiger partial charge in [0.15, 0.2) is 0 Å². The molecule has 0 atom stereocenters. The van der Waals surface area contributed by atoms with Crippen molar-refractivity contribution < 1.29 is 4.74 Å². The van der Waals surface area contributed by atoms with Gasteiger partial charge in [-0.15, -0.1) is 0 Å². The lowest BCUT2D eigenvalue weighted by atomic mass is 9.68. The van der Waals surface area contributed by atoms with Crippen molar-refractivity contribution in [1.82, 2.24) is 0 Å². The van der Waals surface area contributed by atoms with Gasteiger partial charge in [-0.05, 0) is 50.4 Å². The molecule has 0 aromatic carbocycles. The largest absolute Gasteiger partial charge is 0.375 e. The van der Waals surface area contributed by atoms with Gasteiger partial charge in [0, 0.05) is 6.61 Å². The Hall–Kier alpha value is -0.0400. The Morgan fingerprint density at radius 2 is 1.47 bits per heavy atom.